The van der Waals surface area contributed by atoms with Crippen molar-refractivity contribution in [3.63, 3.8) is 0 Å². The zero-order valence-corrected chi connectivity index (χ0v) is 16.6. The van der Waals surface area contributed by atoms with Crippen molar-refractivity contribution in [3.05, 3.63) is 77.6 Å². The van der Waals surface area contributed by atoms with Crippen molar-refractivity contribution in [2.75, 3.05) is 11.9 Å². The van der Waals surface area contributed by atoms with E-state index in [1.54, 1.807) is 12.3 Å². The van der Waals surface area contributed by atoms with Gasteiger partial charge in [0.2, 0.25) is 5.91 Å². The molecule has 3 rings (SSSR count). The van der Waals surface area contributed by atoms with E-state index in [1.807, 2.05) is 48.7 Å². The van der Waals surface area contributed by atoms with Gasteiger partial charge in [-0.2, -0.15) is 0 Å². The van der Waals surface area contributed by atoms with Gasteiger partial charge in [0.25, 0.3) is 0 Å². The molecule has 0 radical (unpaired) electrons. The zero-order valence-electron chi connectivity index (χ0n) is 15.8. The minimum atomic E-state index is -0.120. The first-order valence-corrected chi connectivity index (χ1v) is 9.69. The van der Waals surface area contributed by atoms with Crippen molar-refractivity contribution in [2.45, 2.75) is 26.2 Å². The molecule has 0 aliphatic carbocycles. The molecule has 0 saturated carbocycles. The highest BCUT2D eigenvalue weighted by atomic mass is 35.5. The molecule has 0 saturated heterocycles. The number of carbonyl (C=O) groups is 1. The minimum absolute atomic E-state index is 0.120. The Morgan fingerprint density at radius 3 is 2.61 bits per heavy atom. The number of nitrogens with zero attached hydrogens (tertiary/aromatic N) is 1. The summed E-state index contributed by atoms with van der Waals surface area (Å²) < 4.78 is 5.83. The van der Waals surface area contributed by atoms with Gasteiger partial charge in [0.15, 0.2) is 0 Å². The third-order valence-corrected chi connectivity index (χ3v) is 4.62. The fraction of sp³-hybridized carbons (Fsp3) is 0.217. The van der Waals surface area contributed by atoms with Gasteiger partial charge in [0.1, 0.15) is 5.75 Å². The number of aromatic nitrogens is 1. The first-order valence-electron chi connectivity index (χ1n) is 9.31. The highest BCUT2D eigenvalue weighted by Crippen LogP contribution is 2.31. The zero-order chi connectivity index (χ0) is 19.8. The summed E-state index contributed by atoms with van der Waals surface area (Å²) in [5.74, 6) is 0.724. The molecule has 1 N–H and O–H groups in total. The van der Waals surface area contributed by atoms with Crippen molar-refractivity contribution < 1.29 is 9.53 Å². The van der Waals surface area contributed by atoms with E-state index in [1.165, 1.54) is 12.5 Å². The average Bonchev–Trinajstić information content (AvgIpc) is 2.69. The molecule has 1 aromatic heterocycles. The van der Waals surface area contributed by atoms with Gasteiger partial charge in [0.05, 0.1) is 11.6 Å². The van der Waals surface area contributed by atoms with Crippen LogP contribution in [0.25, 0.3) is 11.1 Å². The predicted molar refractivity (Wildman–Crippen MR) is 114 cm³/mol. The summed E-state index contributed by atoms with van der Waals surface area (Å²) >= 11 is 6.37. The Bertz CT molecular complexity index is 912. The molecule has 0 aliphatic heterocycles. The molecule has 4 nitrogen and oxygen atoms in total. The quantitative estimate of drug-likeness (QED) is 0.494. The Kier molecular flexibility index (Phi) is 7.04. The number of halogens is 1. The van der Waals surface area contributed by atoms with Crippen molar-refractivity contribution in [2.24, 2.45) is 0 Å². The lowest BCUT2D eigenvalue weighted by molar-refractivity contribution is -0.114. The van der Waals surface area contributed by atoms with E-state index in [-0.39, 0.29) is 5.91 Å². The number of nitrogens with one attached hydrogen (secondary N) is 1. The van der Waals surface area contributed by atoms with Crippen molar-refractivity contribution in [1.29, 1.82) is 0 Å². The summed E-state index contributed by atoms with van der Waals surface area (Å²) in [7, 11) is 0. The molecular formula is C23H23ClN2O2. The van der Waals surface area contributed by atoms with Crippen LogP contribution in [0, 0.1) is 0 Å². The van der Waals surface area contributed by atoms with Gasteiger partial charge < -0.3 is 10.1 Å². The summed E-state index contributed by atoms with van der Waals surface area (Å²) in [6, 6.07) is 17.5. The van der Waals surface area contributed by atoms with Crippen LogP contribution in [0.1, 0.15) is 25.3 Å². The summed E-state index contributed by atoms with van der Waals surface area (Å²) in [4.78, 5) is 15.3. The number of amides is 1. The number of aryl methyl sites for hydroxylation is 1. The van der Waals surface area contributed by atoms with E-state index in [0.29, 0.717) is 17.3 Å². The predicted octanol–water partition coefficient (Wildman–Crippen LogP) is 5.76. The lowest BCUT2D eigenvalue weighted by Gasteiger charge is -2.10. The van der Waals surface area contributed by atoms with Crippen LogP contribution >= 0.6 is 11.6 Å². The van der Waals surface area contributed by atoms with Gasteiger partial charge in [0, 0.05) is 30.6 Å². The summed E-state index contributed by atoms with van der Waals surface area (Å²) in [6.45, 7) is 2.16. The molecule has 0 atom stereocenters. The molecule has 0 spiro atoms. The molecule has 1 amide bonds. The molecule has 0 fully saturated rings. The van der Waals surface area contributed by atoms with Gasteiger partial charge >= 0.3 is 0 Å². The van der Waals surface area contributed by atoms with Crippen molar-refractivity contribution in [3.8, 4) is 16.9 Å². The number of anilines is 1. The van der Waals surface area contributed by atoms with Gasteiger partial charge in [-0.3, -0.25) is 9.78 Å². The minimum Gasteiger partial charge on any atom is -0.494 e. The number of ether oxygens (including phenoxy) is 1. The topological polar surface area (TPSA) is 51.2 Å². The SMILES string of the molecule is CC(=O)Nc1ccc(-c2ccc(OCCCCc3cccnc3)cc2)c(Cl)c1. The molecular weight excluding hydrogens is 372 g/mol. The molecule has 3 aromatic rings. The van der Waals surface area contributed by atoms with E-state index in [2.05, 4.69) is 16.4 Å². The largest absolute Gasteiger partial charge is 0.494 e. The van der Waals surface area contributed by atoms with Crippen LogP contribution in [0.5, 0.6) is 5.75 Å². The molecule has 5 heteroatoms. The maximum Gasteiger partial charge on any atom is 0.221 e. The van der Waals surface area contributed by atoms with Gasteiger partial charge in [-0.15, -0.1) is 0 Å². The summed E-state index contributed by atoms with van der Waals surface area (Å²) in [6.07, 6.45) is 6.78. The smallest absolute Gasteiger partial charge is 0.221 e. The highest BCUT2D eigenvalue weighted by molar-refractivity contribution is 6.33. The standard InChI is InChI=1S/C23H23ClN2O2/c1-17(27)26-20-9-12-22(23(24)15-20)19-7-10-21(11-8-19)28-14-3-2-5-18-6-4-13-25-16-18/h4,6-13,15-16H,2-3,5,14H2,1H3,(H,26,27). The molecule has 144 valence electrons. The second-order valence-electron chi connectivity index (χ2n) is 6.57. The number of hydrogen-bond acceptors (Lipinski definition) is 3. The second kappa shape index (κ2) is 9.90. The maximum absolute atomic E-state index is 11.1. The normalized spacial score (nSPS) is 10.5. The monoisotopic (exact) mass is 394 g/mol. The van der Waals surface area contributed by atoms with Crippen molar-refractivity contribution in [1.82, 2.24) is 4.98 Å². The number of pyridine rings is 1. The second-order valence-corrected chi connectivity index (χ2v) is 6.97. The van der Waals surface area contributed by atoms with Crippen LogP contribution in [0.2, 0.25) is 5.02 Å². The molecule has 0 unspecified atom stereocenters. The Morgan fingerprint density at radius 1 is 1.11 bits per heavy atom. The van der Waals surface area contributed by atoms with Crippen LogP contribution < -0.4 is 10.1 Å². The number of hydrogen-bond donors (Lipinski definition) is 1. The number of unbranched alkanes of at least 4 members (excludes halogenated alkanes) is 1. The van der Waals surface area contributed by atoms with Gasteiger partial charge in [-0.05, 0) is 60.7 Å². The van der Waals surface area contributed by atoms with Crippen LogP contribution in [-0.4, -0.2) is 17.5 Å². The third-order valence-electron chi connectivity index (χ3n) is 4.31. The van der Waals surface area contributed by atoms with Gasteiger partial charge in [-0.25, -0.2) is 0 Å². The Morgan fingerprint density at radius 2 is 1.93 bits per heavy atom. The molecule has 2 aromatic carbocycles. The molecule has 0 aliphatic rings. The first kappa shape index (κ1) is 19.9. The Hall–Kier alpha value is -2.85. The fourth-order valence-electron chi connectivity index (χ4n) is 2.93. The van der Waals surface area contributed by atoms with Crippen LogP contribution in [0.3, 0.4) is 0 Å². The van der Waals surface area contributed by atoms with Crippen LogP contribution in [0.15, 0.2) is 67.0 Å². The number of rotatable bonds is 8. The highest BCUT2D eigenvalue weighted by Gasteiger charge is 2.06. The van der Waals surface area contributed by atoms with E-state index in [4.69, 9.17) is 16.3 Å². The van der Waals surface area contributed by atoms with E-state index in [9.17, 15) is 4.79 Å². The maximum atomic E-state index is 11.1. The molecule has 28 heavy (non-hydrogen) atoms. The number of benzene rings is 2. The van der Waals surface area contributed by atoms with E-state index >= 15 is 0 Å². The van der Waals surface area contributed by atoms with Crippen LogP contribution in [-0.2, 0) is 11.2 Å². The lowest BCUT2D eigenvalue weighted by atomic mass is 10.1. The Balaban J connectivity index is 1.50. The molecule has 1 heterocycles. The lowest BCUT2D eigenvalue weighted by Crippen LogP contribution is -2.05. The fourth-order valence-corrected chi connectivity index (χ4v) is 3.22. The average molecular weight is 395 g/mol. The molecule has 0 bridgehead atoms. The van der Waals surface area contributed by atoms with Crippen LogP contribution in [0.4, 0.5) is 5.69 Å². The van der Waals surface area contributed by atoms with Crippen molar-refractivity contribution >= 4 is 23.2 Å². The number of carbonyl (C=O) groups excluding carboxylic acids is 1. The third kappa shape index (κ3) is 5.83. The summed E-state index contributed by atoms with van der Waals surface area (Å²) in [5, 5.41) is 3.32. The van der Waals surface area contributed by atoms with E-state index < -0.39 is 0 Å². The van der Waals surface area contributed by atoms with E-state index in [0.717, 1.165) is 36.1 Å². The Labute approximate surface area is 170 Å². The van der Waals surface area contributed by atoms with Gasteiger partial charge in [-0.1, -0.05) is 35.9 Å². The first-order chi connectivity index (χ1) is 13.6. The summed E-state index contributed by atoms with van der Waals surface area (Å²) in [5.41, 5.74) is 3.86.